The third kappa shape index (κ3) is 3.41. The first-order chi connectivity index (χ1) is 9.70. The quantitative estimate of drug-likeness (QED) is 0.642. The fraction of sp³-hybridized carbons (Fsp3) is 0.231. The van der Waals surface area contributed by atoms with Crippen molar-refractivity contribution in [1.29, 1.82) is 0 Å². The van der Waals surface area contributed by atoms with Gasteiger partial charge in [-0.25, -0.2) is 4.98 Å². The molecule has 1 heterocycles. The van der Waals surface area contributed by atoms with Crippen molar-refractivity contribution in [3.8, 4) is 5.88 Å². The van der Waals surface area contributed by atoms with Crippen molar-refractivity contribution in [2.24, 2.45) is 0 Å². The lowest BCUT2D eigenvalue weighted by atomic mass is 10.2. The monoisotopic (exact) mass is 274 g/mol. The molecule has 0 fully saturated rings. The number of anilines is 1. The summed E-state index contributed by atoms with van der Waals surface area (Å²) in [5.74, 6) is 0.835. The van der Waals surface area contributed by atoms with Crippen LogP contribution in [0.1, 0.15) is 12.5 Å². The van der Waals surface area contributed by atoms with Gasteiger partial charge in [-0.05, 0) is 6.92 Å². The number of nitro groups is 1. The van der Waals surface area contributed by atoms with E-state index in [1.165, 1.54) is 6.07 Å². The number of aromatic nitrogens is 2. The summed E-state index contributed by atoms with van der Waals surface area (Å²) < 4.78 is 5.26. The van der Waals surface area contributed by atoms with E-state index in [0.29, 0.717) is 24.0 Å². The lowest BCUT2D eigenvalue weighted by Crippen LogP contribution is -2.06. The highest BCUT2D eigenvalue weighted by Crippen LogP contribution is 2.18. The third-order valence-corrected chi connectivity index (χ3v) is 2.55. The minimum Gasteiger partial charge on any atom is -0.478 e. The molecule has 0 aliphatic rings. The number of para-hydroxylation sites is 1. The SMILES string of the molecule is CCOc1ccnc(NCc2ccccc2[N+](=O)[O-])n1. The summed E-state index contributed by atoms with van der Waals surface area (Å²) in [7, 11) is 0. The number of nitrogens with one attached hydrogen (secondary N) is 1. The molecule has 0 aliphatic carbocycles. The Hall–Kier alpha value is -2.70. The van der Waals surface area contributed by atoms with Gasteiger partial charge in [0.2, 0.25) is 11.8 Å². The van der Waals surface area contributed by atoms with E-state index in [4.69, 9.17) is 4.74 Å². The van der Waals surface area contributed by atoms with Gasteiger partial charge < -0.3 is 10.1 Å². The predicted octanol–water partition coefficient (Wildman–Crippen LogP) is 2.40. The lowest BCUT2D eigenvalue weighted by Gasteiger charge is -2.07. The number of hydrogen-bond acceptors (Lipinski definition) is 6. The molecule has 0 unspecified atom stereocenters. The molecular weight excluding hydrogens is 260 g/mol. The predicted molar refractivity (Wildman–Crippen MR) is 73.6 cm³/mol. The zero-order chi connectivity index (χ0) is 14.4. The normalized spacial score (nSPS) is 10.1. The van der Waals surface area contributed by atoms with E-state index < -0.39 is 4.92 Å². The highest BCUT2D eigenvalue weighted by molar-refractivity contribution is 5.42. The summed E-state index contributed by atoms with van der Waals surface area (Å²) in [6, 6.07) is 8.20. The first-order valence-electron chi connectivity index (χ1n) is 6.12. The summed E-state index contributed by atoms with van der Waals surface area (Å²) in [5, 5.41) is 13.8. The van der Waals surface area contributed by atoms with Crippen molar-refractivity contribution in [2.45, 2.75) is 13.5 Å². The van der Waals surface area contributed by atoms with Crippen LogP contribution in [0.15, 0.2) is 36.5 Å². The Morgan fingerprint density at radius 2 is 2.15 bits per heavy atom. The van der Waals surface area contributed by atoms with Gasteiger partial charge in [0.15, 0.2) is 0 Å². The molecule has 2 aromatic rings. The summed E-state index contributed by atoms with van der Waals surface area (Å²) in [6.45, 7) is 2.65. The molecule has 7 nitrogen and oxygen atoms in total. The Kier molecular flexibility index (Phi) is 4.43. The molecule has 104 valence electrons. The van der Waals surface area contributed by atoms with Crippen molar-refractivity contribution in [3.63, 3.8) is 0 Å². The standard InChI is InChI=1S/C13H14N4O3/c1-2-20-12-7-8-14-13(16-12)15-9-10-5-3-4-6-11(10)17(18)19/h3-8H,2,9H2,1H3,(H,14,15,16). The summed E-state index contributed by atoms with van der Waals surface area (Å²) in [5.41, 5.74) is 0.642. The molecule has 0 bridgehead atoms. The Bertz CT molecular complexity index is 604. The highest BCUT2D eigenvalue weighted by atomic mass is 16.6. The first-order valence-corrected chi connectivity index (χ1v) is 6.12. The average molecular weight is 274 g/mol. The van der Waals surface area contributed by atoms with E-state index in [0.717, 1.165) is 0 Å². The molecule has 1 N–H and O–H groups in total. The minimum absolute atomic E-state index is 0.0703. The summed E-state index contributed by atoms with van der Waals surface area (Å²) in [4.78, 5) is 18.7. The molecule has 1 aromatic heterocycles. The molecule has 0 radical (unpaired) electrons. The molecule has 20 heavy (non-hydrogen) atoms. The van der Waals surface area contributed by atoms with Gasteiger partial charge >= 0.3 is 0 Å². The number of hydrogen-bond donors (Lipinski definition) is 1. The van der Waals surface area contributed by atoms with Gasteiger partial charge in [0.25, 0.3) is 5.69 Å². The second kappa shape index (κ2) is 6.46. The largest absolute Gasteiger partial charge is 0.478 e. The maximum Gasteiger partial charge on any atom is 0.274 e. The Balaban J connectivity index is 2.09. The van der Waals surface area contributed by atoms with E-state index in [-0.39, 0.29) is 12.2 Å². The Morgan fingerprint density at radius 3 is 2.90 bits per heavy atom. The summed E-state index contributed by atoms with van der Waals surface area (Å²) in [6.07, 6.45) is 1.57. The number of nitro benzene ring substituents is 1. The van der Waals surface area contributed by atoms with E-state index in [1.54, 1.807) is 30.5 Å². The fourth-order valence-electron chi connectivity index (χ4n) is 1.67. The number of nitrogens with zero attached hydrogens (tertiary/aromatic N) is 3. The first kappa shape index (κ1) is 13.7. The van der Waals surface area contributed by atoms with E-state index >= 15 is 0 Å². The van der Waals surface area contributed by atoms with Crippen molar-refractivity contribution in [3.05, 3.63) is 52.2 Å². The molecule has 2 rings (SSSR count). The third-order valence-electron chi connectivity index (χ3n) is 2.55. The molecule has 0 amide bonds. The van der Waals surface area contributed by atoms with Gasteiger partial charge in [-0.2, -0.15) is 4.98 Å². The molecule has 0 spiro atoms. The van der Waals surface area contributed by atoms with Crippen molar-refractivity contribution in [1.82, 2.24) is 9.97 Å². The van der Waals surface area contributed by atoms with Crippen LogP contribution in [0, 0.1) is 10.1 Å². The fourth-order valence-corrected chi connectivity index (χ4v) is 1.67. The molecule has 0 saturated heterocycles. The van der Waals surface area contributed by atoms with E-state index in [1.807, 2.05) is 6.92 Å². The maximum atomic E-state index is 10.9. The molecule has 0 atom stereocenters. The smallest absolute Gasteiger partial charge is 0.274 e. The van der Waals surface area contributed by atoms with Crippen molar-refractivity contribution in [2.75, 3.05) is 11.9 Å². The summed E-state index contributed by atoms with van der Waals surface area (Å²) >= 11 is 0. The van der Waals surface area contributed by atoms with Gasteiger partial charge in [0.05, 0.1) is 11.5 Å². The van der Waals surface area contributed by atoms with Crippen LogP contribution in [0.3, 0.4) is 0 Å². The number of benzene rings is 1. The van der Waals surface area contributed by atoms with Gasteiger partial charge in [-0.15, -0.1) is 0 Å². The second-order valence-electron chi connectivity index (χ2n) is 3.89. The average Bonchev–Trinajstić information content (AvgIpc) is 2.46. The highest BCUT2D eigenvalue weighted by Gasteiger charge is 2.12. The van der Waals surface area contributed by atoms with Crippen LogP contribution in [0.2, 0.25) is 0 Å². The van der Waals surface area contributed by atoms with E-state index in [2.05, 4.69) is 15.3 Å². The van der Waals surface area contributed by atoms with Crippen LogP contribution in [0.4, 0.5) is 11.6 Å². The zero-order valence-electron chi connectivity index (χ0n) is 10.9. The van der Waals surface area contributed by atoms with E-state index in [9.17, 15) is 10.1 Å². The van der Waals surface area contributed by atoms with Gasteiger partial charge in [-0.3, -0.25) is 10.1 Å². The van der Waals surface area contributed by atoms with Crippen LogP contribution >= 0.6 is 0 Å². The van der Waals surface area contributed by atoms with Crippen LogP contribution in [-0.4, -0.2) is 21.5 Å². The van der Waals surface area contributed by atoms with Crippen LogP contribution in [0.5, 0.6) is 5.88 Å². The van der Waals surface area contributed by atoms with Crippen LogP contribution in [0.25, 0.3) is 0 Å². The maximum absolute atomic E-state index is 10.9. The number of rotatable bonds is 6. The lowest BCUT2D eigenvalue weighted by molar-refractivity contribution is -0.385. The van der Waals surface area contributed by atoms with Crippen LogP contribution < -0.4 is 10.1 Å². The molecule has 0 saturated carbocycles. The topological polar surface area (TPSA) is 90.2 Å². The van der Waals surface area contributed by atoms with Crippen molar-refractivity contribution >= 4 is 11.6 Å². The molecule has 1 aromatic carbocycles. The van der Waals surface area contributed by atoms with Gasteiger partial charge in [-0.1, -0.05) is 18.2 Å². The van der Waals surface area contributed by atoms with Crippen LogP contribution in [-0.2, 0) is 6.54 Å². The molecule has 0 aliphatic heterocycles. The van der Waals surface area contributed by atoms with Gasteiger partial charge in [0.1, 0.15) is 0 Å². The molecule has 7 heteroatoms. The second-order valence-corrected chi connectivity index (χ2v) is 3.89. The zero-order valence-corrected chi connectivity index (χ0v) is 10.9. The van der Waals surface area contributed by atoms with Crippen molar-refractivity contribution < 1.29 is 9.66 Å². The Morgan fingerprint density at radius 1 is 1.35 bits per heavy atom. The minimum atomic E-state index is -0.408. The van der Waals surface area contributed by atoms with Gasteiger partial charge in [0, 0.05) is 30.4 Å². The number of ether oxygens (including phenoxy) is 1. The Labute approximate surface area is 115 Å². The molecular formula is C13H14N4O3.